The standard InChI is InChI=1S/C13H17NO6S/c1-13(2,3)12(17)20-9-4-6-10(7-5-9)21(18,19)14-8-11(15)16/h4-7,14H,8H2,1-3H3,(H,15,16). The van der Waals surface area contributed by atoms with Crippen LogP contribution in [0.5, 0.6) is 5.75 Å². The van der Waals surface area contributed by atoms with Crippen LogP contribution in [0.2, 0.25) is 0 Å². The molecule has 0 amide bonds. The fraction of sp³-hybridized carbons (Fsp3) is 0.385. The van der Waals surface area contributed by atoms with Crippen LogP contribution in [-0.4, -0.2) is 32.0 Å². The van der Waals surface area contributed by atoms with Crippen molar-refractivity contribution in [1.82, 2.24) is 4.72 Å². The molecule has 0 unspecified atom stereocenters. The largest absolute Gasteiger partial charge is 0.480 e. The van der Waals surface area contributed by atoms with Crippen molar-refractivity contribution in [3.63, 3.8) is 0 Å². The van der Waals surface area contributed by atoms with Gasteiger partial charge < -0.3 is 9.84 Å². The maximum absolute atomic E-state index is 11.7. The van der Waals surface area contributed by atoms with Crippen LogP contribution < -0.4 is 9.46 Å². The van der Waals surface area contributed by atoms with Crippen molar-refractivity contribution >= 4 is 22.0 Å². The minimum Gasteiger partial charge on any atom is -0.480 e. The Kier molecular flexibility index (Phi) is 5.08. The van der Waals surface area contributed by atoms with Crippen LogP contribution in [0, 0.1) is 5.41 Å². The van der Waals surface area contributed by atoms with Gasteiger partial charge in [-0.3, -0.25) is 9.59 Å². The maximum Gasteiger partial charge on any atom is 0.318 e. The number of benzene rings is 1. The quantitative estimate of drug-likeness (QED) is 0.619. The summed E-state index contributed by atoms with van der Waals surface area (Å²) in [5.41, 5.74) is -0.673. The van der Waals surface area contributed by atoms with E-state index in [4.69, 9.17) is 9.84 Å². The summed E-state index contributed by atoms with van der Waals surface area (Å²) in [5.74, 6) is -1.51. The first-order valence-corrected chi connectivity index (χ1v) is 7.54. The van der Waals surface area contributed by atoms with Crippen LogP contribution in [0.1, 0.15) is 20.8 Å². The number of hydrogen-bond donors (Lipinski definition) is 2. The molecule has 0 bridgehead atoms. The van der Waals surface area contributed by atoms with Gasteiger partial charge in [-0.05, 0) is 45.0 Å². The van der Waals surface area contributed by atoms with Crippen molar-refractivity contribution in [3.8, 4) is 5.75 Å². The van der Waals surface area contributed by atoms with Gasteiger partial charge in [0.05, 0.1) is 10.3 Å². The van der Waals surface area contributed by atoms with Crippen molar-refractivity contribution in [2.75, 3.05) is 6.54 Å². The summed E-state index contributed by atoms with van der Waals surface area (Å²) in [6, 6.07) is 5.13. The third-order valence-electron chi connectivity index (χ3n) is 2.37. The highest BCUT2D eigenvalue weighted by Crippen LogP contribution is 2.20. The van der Waals surface area contributed by atoms with Gasteiger partial charge in [-0.25, -0.2) is 8.42 Å². The van der Waals surface area contributed by atoms with E-state index in [0.29, 0.717) is 0 Å². The lowest BCUT2D eigenvalue weighted by molar-refractivity contribution is -0.143. The van der Waals surface area contributed by atoms with E-state index in [2.05, 4.69) is 0 Å². The molecule has 0 aliphatic heterocycles. The molecule has 1 rings (SSSR count). The van der Waals surface area contributed by atoms with Gasteiger partial charge in [0.15, 0.2) is 0 Å². The van der Waals surface area contributed by atoms with E-state index in [0.717, 1.165) is 0 Å². The zero-order valence-electron chi connectivity index (χ0n) is 11.9. The molecule has 1 aromatic carbocycles. The predicted molar refractivity (Wildman–Crippen MR) is 74.4 cm³/mol. The lowest BCUT2D eigenvalue weighted by atomic mass is 9.97. The summed E-state index contributed by atoms with van der Waals surface area (Å²) in [4.78, 5) is 21.9. The fourth-order valence-corrected chi connectivity index (χ4v) is 2.16. The van der Waals surface area contributed by atoms with Crippen LogP contribution in [0.4, 0.5) is 0 Å². The average molecular weight is 315 g/mol. The molecule has 0 saturated heterocycles. The summed E-state index contributed by atoms with van der Waals surface area (Å²) in [5, 5.41) is 8.46. The molecule has 0 aromatic heterocycles. The molecule has 2 N–H and O–H groups in total. The van der Waals surface area contributed by atoms with Gasteiger partial charge in [-0.15, -0.1) is 0 Å². The normalized spacial score (nSPS) is 12.0. The lowest BCUT2D eigenvalue weighted by Crippen LogP contribution is -2.29. The summed E-state index contributed by atoms with van der Waals surface area (Å²) < 4.78 is 30.5. The van der Waals surface area contributed by atoms with Crippen LogP contribution in [0.25, 0.3) is 0 Å². The molecule has 8 heteroatoms. The number of esters is 1. The molecule has 116 valence electrons. The second-order valence-corrected chi connectivity index (χ2v) is 7.10. The summed E-state index contributed by atoms with van der Waals surface area (Å²) >= 11 is 0. The van der Waals surface area contributed by atoms with Gasteiger partial charge in [0, 0.05) is 0 Å². The molecular formula is C13H17NO6S. The minimum absolute atomic E-state index is 0.112. The van der Waals surface area contributed by atoms with Crippen LogP contribution in [0.15, 0.2) is 29.2 Å². The maximum atomic E-state index is 11.7. The smallest absolute Gasteiger partial charge is 0.318 e. The molecule has 1 aromatic rings. The van der Waals surface area contributed by atoms with Crippen LogP contribution in [0.3, 0.4) is 0 Å². The molecule has 0 fully saturated rings. The highest BCUT2D eigenvalue weighted by molar-refractivity contribution is 7.89. The van der Waals surface area contributed by atoms with E-state index < -0.39 is 33.9 Å². The monoisotopic (exact) mass is 315 g/mol. The van der Waals surface area contributed by atoms with Crippen molar-refractivity contribution in [2.45, 2.75) is 25.7 Å². The minimum atomic E-state index is -3.90. The Hall–Kier alpha value is -1.93. The highest BCUT2D eigenvalue weighted by atomic mass is 32.2. The number of aliphatic carboxylic acids is 1. The Morgan fingerprint density at radius 1 is 1.19 bits per heavy atom. The molecule has 0 atom stereocenters. The number of sulfonamides is 1. The lowest BCUT2D eigenvalue weighted by Gasteiger charge is -2.16. The number of carbonyl (C=O) groups is 2. The Labute approximate surface area is 123 Å². The van der Waals surface area contributed by atoms with Gasteiger partial charge in [0.1, 0.15) is 12.3 Å². The van der Waals surface area contributed by atoms with Gasteiger partial charge >= 0.3 is 11.9 Å². The number of carboxylic acid groups (broad SMARTS) is 1. The Morgan fingerprint density at radius 2 is 1.71 bits per heavy atom. The van der Waals surface area contributed by atoms with Gasteiger partial charge in [0.25, 0.3) is 0 Å². The van der Waals surface area contributed by atoms with Crippen molar-refractivity contribution < 1.29 is 27.9 Å². The van der Waals surface area contributed by atoms with E-state index in [1.54, 1.807) is 20.8 Å². The van der Waals surface area contributed by atoms with Gasteiger partial charge in [-0.2, -0.15) is 4.72 Å². The first-order valence-electron chi connectivity index (χ1n) is 6.06. The number of carboxylic acids is 1. The second kappa shape index (κ2) is 6.23. The molecular weight excluding hydrogens is 298 g/mol. The molecule has 0 spiro atoms. The Balaban J connectivity index is 2.83. The van der Waals surface area contributed by atoms with Gasteiger partial charge in [-0.1, -0.05) is 0 Å². The van der Waals surface area contributed by atoms with E-state index in [9.17, 15) is 18.0 Å². The second-order valence-electron chi connectivity index (χ2n) is 5.33. The average Bonchev–Trinajstić information content (AvgIpc) is 2.36. The summed E-state index contributed by atoms with van der Waals surface area (Å²) in [6.07, 6.45) is 0. The highest BCUT2D eigenvalue weighted by Gasteiger charge is 2.24. The van der Waals surface area contributed by atoms with Crippen LogP contribution >= 0.6 is 0 Å². The molecule has 0 radical (unpaired) electrons. The molecule has 7 nitrogen and oxygen atoms in total. The van der Waals surface area contributed by atoms with E-state index >= 15 is 0 Å². The molecule has 0 saturated carbocycles. The molecule has 0 aliphatic rings. The number of hydrogen-bond acceptors (Lipinski definition) is 5. The number of rotatable bonds is 5. The van der Waals surface area contributed by atoms with E-state index in [1.165, 1.54) is 24.3 Å². The molecule has 0 heterocycles. The number of nitrogens with one attached hydrogen (secondary N) is 1. The van der Waals surface area contributed by atoms with Crippen LogP contribution in [-0.2, 0) is 19.6 Å². The Bertz CT molecular complexity index is 628. The summed E-state index contributed by atoms with van der Waals surface area (Å²) in [6.45, 7) is 4.39. The van der Waals surface area contributed by atoms with Crippen molar-refractivity contribution in [1.29, 1.82) is 0 Å². The summed E-state index contributed by atoms with van der Waals surface area (Å²) in [7, 11) is -3.90. The fourth-order valence-electron chi connectivity index (χ4n) is 1.19. The van der Waals surface area contributed by atoms with E-state index in [-0.39, 0.29) is 10.6 Å². The third-order valence-corrected chi connectivity index (χ3v) is 3.79. The molecule has 0 aliphatic carbocycles. The van der Waals surface area contributed by atoms with E-state index in [1.807, 2.05) is 4.72 Å². The number of ether oxygens (including phenoxy) is 1. The molecule has 21 heavy (non-hydrogen) atoms. The SMILES string of the molecule is CC(C)(C)C(=O)Oc1ccc(S(=O)(=O)NCC(=O)O)cc1. The number of carbonyl (C=O) groups excluding carboxylic acids is 1. The third kappa shape index (κ3) is 5.16. The van der Waals surface area contributed by atoms with Gasteiger partial charge in [0.2, 0.25) is 10.0 Å². The van der Waals surface area contributed by atoms with Crippen molar-refractivity contribution in [3.05, 3.63) is 24.3 Å². The topological polar surface area (TPSA) is 110 Å². The van der Waals surface area contributed by atoms with Crippen molar-refractivity contribution in [2.24, 2.45) is 5.41 Å². The zero-order chi connectivity index (χ0) is 16.3. The predicted octanol–water partition coefficient (Wildman–Crippen LogP) is 1.00. The zero-order valence-corrected chi connectivity index (χ0v) is 12.7. The first-order chi connectivity index (χ1) is 9.52. The first kappa shape index (κ1) is 17.1. The Morgan fingerprint density at radius 3 is 2.14 bits per heavy atom.